The van der Waals surface area contributed by atoms with Crippen LogP contribution in [0.5, 0.6) is 0 Å². The van der Waals surface area contributed by atoms with Crippen LogP contribution in [-0.2, 0) is 4.79 Å². The van der Waals surface area contributed by atoms with E-state index in [0.29, 0.717) is 17.4 Å². The summed E-state index contributed by atoms with van der Waals surface area (Å²) in [5.74, 6) is 0.609. The highest BCUT2D eigenvalue weighted by Gasteiger charge is 2.07. The molecule has 0 aliphatic rings. The van der Waals surface area contributed by atoms with Crippen molar-refractivity contribution in [2.75, 3.05) is 5.32 Å². The molecule has 0 saturated carbocycles. The molecule has 5 heteroatoms. The van der Waals surface area contributed by atoms with Crippen molar-refractivity contribution in [3.8, 4) is 11.4 Å². The smallest absolute Gasteiger partial charge is 0.225 e. The van der Waals surface area contributed by atoms with Gasteiger partial charge in [-0.1, -0.05) is 36.8 Å². The summed E-state index contributed by atoms with van der Waals surface area (Å²) < 4.78 is 4.22. The SMILES string of the molecule is CCC(=O)Nc1nc(-c2ccc(C)cc2)ns1. The maximum absolute atomic E-state index is 11.2. The fourth-order valence-electron chi connectivity index (χ4n) is 1.30. The molecule has 0 bridgehead atoms. The Morgan fingerprint density at radius 1 is 1.35 bits per heavy atom. The number of carbonyl (C=O) groups excluding carboxylic acids is 1. The van der Waals surface area contributed by atoms with E-state index < -0.39 is 0 Å². The molecular weight excluding hydrogens is 234 g/mol. The molecule has 0 fully saturated rings. The molecule has 0 radical (unpaired) electrons. The Morgan fingerprint density at radius 2 is 2.06 bits per heavy atom. The summed E-state index contributed by atoms with van der Waals surface area (Å²) in [5.41, 5.74) is 2.16. The van der Waals surface area contributed by atoms with Crippen molar-refractivity contribution >= 4 is 22.6 Å². The second-order valence-corrected chi connectivity index (χ2v) is 4.44. The molecule has 0 aliphatic carbocycles. The standard InChI is InChI=1S/C12H13N3OS/c1-3-10(16)13-12-14-11(15-17-12)9-6-4-8(2)5-7-9/h4-7H,3H2,1-2H3,(H,13,14,15,16). The summed E-state index contributed by atoms with van der Waals surface area (Å²) in [5, 5.41) is 3.25. The third-order valence-electron chi connectivity index (χ3n) is 2.30. The van der Waals surface area contributed by atoms with E-state index in [1.54, 1.807) is 6.92 Å². The van der Waals surface area contributed by atoms with Gasteiger partial charge < -0.3 is 5.32 Å². The molecule has 1 heterocycles. The number of carbonyl (C=O) groups is 1. The molecule has 17 heavy (non-hydrogen) atoms. The number of benzene rings is 1. The lowest BCUT2D eigenvalue weighted by Crippen LogP contribution is -2.08. The maximum Gasteiger partial charge on any atom is 0.225 e. The van der Waals surface area contributed by atoms with E-state index in [1.807, 2.05) is 31.2 Å². The summed E-state index contributed by atoms with van der Waals surface area (Å²) in [6.07, 6.45) is 0.444. The van der Waals surface area contributed by atoms with Gasteiger partial charge in [0.05, 0.1) is 0 Å². The number of amides is 1. The quantitative estimate of drug-likeness (QED) is 0.907. The van der Waals surface area contributed by atoms with E-state index in [9.17, 15) is 4.79 Å². The van der Waals surface area contributed by atoms with Crippen molar-refractivity contribution in [3.05, 3.63) is 29.8 Å². The normalized spacial score (nSPS) is 10.2. The van der Waals surface area contributed by atoms with Gasteiger partial charge in [0, 0.05) is 23.5 Å². The summed E-state index contributed by atoms with van der Waals surface area (Å²) in [6, 6.07) is 7.98. The van der Waals surface area contributed by atoms with Gasteiger partial charge in [0.15, 0.2) is 5.82 Å². The van der Waals surface area contributed by atoms with E-state index in [-0.39, 0.29) is 5.91 Å². The fraction of sp³-hybridized carbons (Fsp3) is 0.250. The van der Waals surface area contributed by atoms with Gasteiger partial charge in [-0.25, -0.2) is 0 Å². The molecular formula is C12H13N3OS. The lowest BCUT2D eigenvalue weighted by Gasteiger charge is -1.96. The Bertz CT molecular complexity index is 519. The van der Waals surface area contributed by atoms with Crippen molar-refractivity contribution in [1.29, 1.82) is 0 Å². The molecule has 1 aromatic carbocycles. The highest BCUT2D eigenvalue weighted by molar-refractivity contribution is 7.10. The minimum absolute atomic E-state index is 0.0448. The molecule has 1 aromatic heterocycles. The molecule has 0 aliphatic heterocycles. The number of anilines is 1. The van der Waals surface area contributed by atoms with Crippen LogP contribution < -0.4 is 5.32 Å². The molecule has 88 valence electrons. The lowest BCUT2D eigenvalue weighted by molar-refractivity contribution is -0.115. The van der Waals surface area contributed by atoms with Crippen molar-refractivity contribution in [2.24, 2.45) is 0 Å². The molecule has 2 rings (SSSR count). The zero-order valence-corrected chi connectivity index (χ0v) is 10.5. The van der Waals surface area contributed by atoms with E-state index in [0.717, 1.165) is 5.56 Å². The second kappa shape index (κ2) is 5.05. The molecule has 0 saturated heterocycles. The van der Waals surface area contributed by atoms with Gasteiger partial charge >= 0.3 is 0 Å². The number of aryl methyl sites for hydroxylation is 1. The van der Waals surface area contributed by atoms with Crippen molar-refractivity contribution in [2.45, 2.75) is 20.3 Å². The highest BCUT2D eigenvalue weighted by atomic mass is 32.1. The number of nitrogens with one attached hydrogen (secondary N) is 1. The van der Waals surface area contributed by atoms with Gasteiger partial charge in [-0.2, -0.15) is 9.36 Å². The summed E-state index contributed by atoms with van der Waals surface area (Å²) in [4.78, 5) is 15.5. The number of aromatic nitrogens is 2. The molecule has 0 spiro atoms. The predicted molar refractivity (Wildman–Crippen MR) is 69.0 cm³/mol. The van der Waals surface area contributed by atoms with E-state index in [4.69, 9.17) is 0 Å². The maximum atomic E-state index is 11.2. The van der Waals surface area contributed by atoms with Crippen LogP contribution in [0.15, 0.2) is 24.3 Å². The van der Waals surface area contributed by atoms with Crippen molar-refractivity contribution in [1.82, 2.24) is 9.36 Å². The number of hydrogen-bond donors (Lipinski definition) is 1. The first-order chi connectivity index (χ1) is 8.19. The van der Waals surface area contributed by atoms with Crippen LogP contribution in [0.1, 0.15) is 18.9 Å². The Hall–Kier alpha value is -1.75. The van der Waals surface area contributed by atoms with Gasteiger partial charge in [-0.15, -0.1) is 0 Å². The van der Waals surface area contributed by atoms with E-state index >= 15 is 0 Å². The van der Waals surface area contributed by atoms with E-state index in [2.05, 4.69) is 14.7 Å². The summed E-state index contributed by atoms with van der Waals surface area (Å²) in [6.45, 7) is 3.84. The molecule has 1 N–H and O–H groups in total. The molecule has 0 atom stereocenters. The minimum Gasteiger partial charge on any atom is -0.301 e. The number of hydrogen-bond acceptors (Lipinski definition) is 4. The van der Waals surface area contributed by atoms with Crippen LogP contribution in [-0.4, -0.2) is 15.3 Å². The monoisotopic (exact) mass is 247 g/mol. The zero-order valence-electron chi connectivity index (χ0n) is 9.73. The number of rotatable bonds is 3. The summed E-state index contributed by atoms with van der Waals surface area (Å²) >= 11 is 1.20. The highest BCUT2D eigenvalue weighted by Crippen LogP contribution is 2.21. The average molecular weight is 247 g/mol. The minimum atomic E-state index is -0.0448. The van der Waals surface area contributed by atoms with Crippen LogP contribution in [0, 0.1) is 6.92 Å². The first-order valence-electron chi connectivity index (χ1n) is 5.39. The number of nitrogens with zero attached hydrogens (tertiary/aromatic N) is 2. The first-order valence-corrected chi connectivity index (χ1v) is 6.17. The van der Waals surface area contributed by atoms with Crippen LogP contribution in [0.2, 0.25) is 0 Å². The molecule has 4 nitrogen and oxygen atoms in total. The van der Waals surface area contributed by atoms with E-state index in [1.165, 1.54) is 17.1 Å². The molecule has 2 aromatic rings. The first kappa shape index (κ1) is 11.7. The lowest BCUT2D eigenvalue weighted by atomic mass is 10.1. The van der Waals surface area contributed by atoms with Crippen molar-refractivity contribution in [3.63, 3.8) is 0 Å². The molecule has 1 amide bonds. The van der Waals surface area contributed by atoms with Gasteiger partial charge in [-0.05, 0) is 6.92 Å². The predicted octanol–water partition coefficient (Wildman–Crippen LogP) is 2.86. The van der Waals surface area contributed by atoms with Gasteiger partial charge in [-0.3, -0.25) is 4.79 Å². The largest absolute Gasteiger partial charge is 0.301 e. The van der Waals surface area contributed by atoms with Crippen LogP contribution in [0.3, 0.4) is 0 Å². The van der Waals surface area contributed by atoms with Gasteiger partial charge in [0.1, 0.15) is 0 Å². The Morgan fingerprint density at radius 3 is 2.71 bits per heavy atom. The topological polar surface area (TPSA) is 54.9 Å². The van der Waals surface area contributed by atoms with Gasteiger partial charge in [0.2, 0.25) is 11.0 Å². The Balaban J connectivity index is 2.18. The fourth-order valence-corrected chi connectivity index (χ4v) is 1.91. The van der Waals surface area contributed by atoms with Crippen LogP contribution >= 0.6 is 11.5 Å². The Kier molecular flexibility index (Phi) is 3.49. The molecule has 0 unspecified atom stereocenters. The van der Waals surface area contributed by atoms with Gasteiger partial charge in [0.25, 0.3) is 0 Å². The van der Waals surface area contributed by atoms with Crippen molar-refractivity contribution < 1.29 is 4.79 Å². The van der Waals surface area contributed by atoms with Crippen LogP contribution in [0.25, 0.3) is 11.4 Å². The summed E-state index contributed by atoms with van der Waals surface area (Å²) in [7, 11) is 0. The Labute approximate surface area is 104 Å². The second-order valence-electron chi connectivity index (χ2n) is 3.69. The zero-order chi connectivity index (χ0) is 12.3. The third kappa shape index (κ3) is 2.88. The third-order valence-corrected chi connectivity index (χ3v) is 2.93. The average Bonchev–Trinajstić information content (AvgIpc) is 2.78. The van der Waals surface area contributed by atoms with Crippen LogP contribution in [0.4, 0.5) is 5.13 Å².